The van der Waals surface area contributed by atoms with E-state index in [9.17, 15) is 14.4 Å². The fourth-order valence-electron chi connectivity index (χ4n) is 3.07. The summed E-state index contributed by atoms with van der Waals surface area (Å²) in [4.78, 5) is 48.6. The molecule has 172 valence electrons. The number of ether oxygens (including phenoxy) is 1. The molecule has 14 heteroatoms. The van der Waals surface area contributed by atoms with E-state index in [0.29, 0.717) is 11.5 Å². The molecule has 3 rings (SSSR count). The molecule has 10 nitrogen and oxygen atoms in total. The van der Waals surface area contributed by atoms with Gasteiger partial charge in [0.05, 0.1) is 0 Å². The van der Waals surface area contributed by atoms with E-state index in [1.54, 1.807) is 5.38 Å². The molecule has 0 saturated carbocycles. The number of aromatic nitrogens is 1. The van der Waals surface area contributed by atoms with Crippen LogP contribution in [0.3, 0.4) is 0 Å². The summed E-state index contributed by atoms with van der Waals surface area (Å²) >= 11 is 9.82. The number of amides is 2. The van der Waals surface area contributed by atoms with Crippen LogP contribution in [0.1, 0.15) is 5.69 Å². The topological polar surface area (TPSA) is 136 Å². The molecule has 0 aromatic carbocycles. The second kappa shape index (κ2) is 10.6. The smallest absolute Gasteiger partial charge is 0.355 e. The van der Waals surface area contributed by atoms with Crippen LogP contribution in [0, 0.1) is 0 Å². The molecule has 0 radical (unpaired) electrons. The van der Waals surface area contributed by atoms with Gasteiger partial charge >= 0.3 is 5.97 Å². The fourth-order valence-corrected chi connectivity index (χ4v) is 5.74. The maximum Gasteiger partial charge on any atom is 0.355 e. The van der Waals surface area contributed by atoms with Gasteiger partial charge in [-0.25, -0.2) is 9.78 Å². The molecule has 1 fully saturated rings. The van der Waals surface area contributed by atoms with Gasteiger partial charge in [-0.3, -0.25) is 14.5 Å². The Morgan fingerprint density at radius 1 is 1.53 bits per heavy atom. The van der Waals surface area contributed by atoms with E-state index >= 15 is 0 Å². The Morgan fingerprint density at radius 2 is 2.28 bits per heavy atom. The molecule has 3 N–H and O–H groups in total. The summed E-state index contributed by atoms with van der Waals surface area (Å²) in [7, 11) is 1.29. The van der Waals surface area contributed by atoms with Crippen molar-refractivity contribution in [3.8, 4) is 0 Å². The summed E-state index contributed by atoms with van der Waals surface area (Å²) in [6.07, 6.45) is 1.90. The van der Waals surface area contributed by atoms with Gasteiger partial charge in [0.25, 0.3) is 11.8 Å². The molecule has 2 amide bonds. The number of thiazole rings is 1. The number of carbonyl (C=O) groups is 3. The Morgan fingerprint density at radius 3 is 2.88 bits per heavy atom. The number of carbonyl (C=O) groups excluding carboxylic acids is 3. The zero-order valence-electron chi connectivity index (χ0n) is 17.1. The van der Waals surface area contributed by atoms with Crippen LogP contribution in [0.5, 0.6) is 0 Å². The van der Waals surface area contributed by atoms with E-state index in [1.165, 1.54) is 35.5 Å². The number of β-lactam (4-membered cyclic amide) rings is 1. The number of hydrogen-bond donors (Lipinski definition) is 2. The highest BCUT2D eigenvalue weighted by atomic mass is 35.5. The van der Waals surface area contributed by atoms with Crippen molar-refractivity contribution in [1.29, 1.82) is 0 Å². The maximum absolute atomic E-state index is 13.0. The van der Waals surface area contributed by atoms with Gasteiger partial charge in [-0.15, -0.1) is 23.1 Å². The summed E-state index contributed by atoms with van der Waals surface area (Å²) < 4.78 is 5.18. The van der Waals surface area contributed by atoms with Crippen LogP contribution in [0.15, 0.2) is 33.4 Å². The second-order valence-electron chi connectivity index (χ2n) is 6.53. The molecule has 2 atom stereocenters. The number of nitrogens with two attached hydrogens (primary N) is 1. The third kappa shape index (κ3) is 5.05. The fraction of sp³-hybridized carbons (Fsp3) is 0.389. The first kappa shape index (κ1) is 24.4. The molecule has 3 heterocycles. The van der Waals surface area contributed by atoms with Gasteiger partial charge in [-0.2, -0.15) is 11.8 Å². The number of halogens is 1. The minimum atomic E-state index is -0.854. The summed E-state index contributed by atoms with van der Waals surface area (Å²) in [6.45, 7) is 3.33. The average molecular weight is 518 g/mol. The van der Waals surface area contributed by atoms with E-state index in [1.807, 2.05) is 6.26 Å². The zero-order valence-corrected chi connectivity index (χ0v) is 20.3. The summed E-state index contributed by atoms with van der Waals surface area (Å²) in [6, 6.07) is -0.854. The quantitative estimate of drug-likeness (QED) is 0.215. The molecule has 1 aromatic heterocycles. The number of nitrogen functional groups attached to an aromatic ring is 1. The first-order valence-corrected chi connectivity index (χ1v) is 12.8. The van der Waals surface area contributed by atoms with Crippen molar-refractivity contribution in [3.63, 3.8) is 0 Å². The predicted octanol–water partition coefficient (Wildman–Crippen LogP) is 1.39. The van der Waals surface area contributed by atoms with E-state index in [4.69, 9.17) is 26.9 Å². The largest absolute Gasteiger partial charge is 0.455 e. The van der Waals surface area contributed by atoms with Crippen LogP contribution < -0.4 is 11.1 Å². The number of fused-ring (bicyclic) bond motifs is 1. The predicted molar refractivity (Wildman–Crippen MR) is 126 cm³/mol. The Hall–Kier alpha value is -2.22. The maximum atomic E-state index is 13.0. The minimum absolute atomic E-state index is 0.105. The van der Waals surface area contributed by atoms with Crippen LogP contribution in [-0.2, 0) is 24.0 Å². The minimum Gasteiger partial charge on any atom is -0.455 e. The van der Waals surface area contributed by atoms with Crippen molar-refractivity contribution < 1.29 is 24.0 Å². The van der Waals surface area contributed by atoms with Gasteiger partial charge in [0.15, 0.2) is 10.8 Å². The molecular weight excluding hydrogens is 498 g/mol. The third-order valence-corrected chi connectivity index (χ3v) is 7.13. The number of esters is 1. The lowest BCUT2D eigenvalue weighted by atomic mass is 10.0. The number of thioether (sulfide) groups is 2. The monoisotopic (exact) mass is 517 g/mol. The van der Waals surface area contributed by atoms with Crippen LogP contribution >= 0.6 is 46.5 Å². The molecule has 0 bridgehead atoms. The Labute approximate surface area is 201 Å². The molecular formula is C18H20ClN5O5S3. The van der Waals surface area contributed by atoms with Crippen LogP contribution in [0.4, 0.5) is 5.13 Å². The lowest BCUT2D eigenvalue weighted by molar-refractivity contribution is -0.152. The van der Waals surface area contributed by atoms with E-state index < -0.39 is 29.2 Å². The number of nitrogens with one attached hydrogen (secondary N) is 1. The Bertz CT molecular complexity index is 1010. The van der Waals surface area contributed by atoms with E-state index in [-0.39, 0.29) is 33.9 Å². The van der Waals surface area contributed by atoms with E-state index in [2.05, 4.69) is 22.0 Å². The van der Waals surface area contributed by atoms with Crippen molar-refractivity contribution in [3.05, 3.63) is 34.0 Å². The number of hydrogen-bond acceptors (Lipinski definition) is 11. The van der Waals surface area contributed by atoms with Crippen molar-refractivity contribution in [2.75, 3.05) is 37.2 Å². The van der Waals surface area contributed by atoms with Gasteiger partial charge in [0.1, 0.15) is 36.5 Å². The second-order valence-corrected chi connectivity index (χ2v) is 9.93. The van der Waals surface area contributed by atoms with Gasteiger partial charge < -0.3 is 20.6 Å². The van der Waals surface area contributed by atoms with Crippen LogP contribution in [0.25, 0.3) is 0 Å². The number of rotatable bonds is 9. The normalized spacial score (nSPS) is 20.4. The highest BCUT2D eigenvalue weighted by molar-refractivity contribution is 8.00. The average Bonchev–Trinajstić information content (AvgIpc) is 3.19. The summed E-state index contributed by atoms with van der Waals surface area (Å²) in [5.74, 6) is -0.658. The molecule has 1 unspecified atom stereocenters. The van der Waals surface area contributed by atoms with Gasteiger partial charge in [0.2, 0.25) is 0 Å². The SMILES string of the molecule is C=C(Cl)COC(=O)C1=C(CSC)CS[C@@H]2C(NC(=O)/C(=N\OC)c3csc(N)n3)C(=O)N12. The lowest BCUT2D eigenvalue weighted by Gasteiger charge is -2.49. The van der Waals surface area contributed by atoms with Crippen LogP contribution in [0.2, 0.25) is 0 Å². The van der Waals surface area contributed by atoms with Crippen molar-refractivity contribution in [2.24, 2.45) is 5.16 Å². The number of oxime groups is 1. The van der Waals surface area contributed by atoms with Crippen LogP contribution in [-0.4, -0.2) is 76.3 Å². The number of nitrogens with zero attached hydrogens (tertiary/aromatic N) is 3. The molecule has 2 aliphatic rings. The molecule has 32 heavy (non-hydrogen) atoms. The van der Waals surface area contributed by atoms with Gasteiger partial charge in [0, 0.05) is 21.9 Å². The summed E-state index contributed by atoms with van der Waals surface area (Å²) in [5, 5.41) is 7.91. The van der Waals surface area contributed by atoms with Crippen molar-refractivity contribution in [1.82, 2.24) is 15.2 Å². The highest BCUT2D eigenvalue weighted by Crippen LogP contribution is 2.41. The summed E-state index contributed by atoms with van der Waals surface area (Å²) in [5.41, 5.74) is 6.74. The zero-order chi connectivity index (χ0) is 23.4. The molecule has 0 spiro atoms. The Kier molecular flexibility index (Phi) is 8.09. The lowest BCUT2D eigenvalue weighted by Crippen LogP contribution is -2.71. The number of anilines is 1. The standard InChI is InChI=1S/C18H20ClN5O5S3/c1-8(19)4-29-17(27)13-9(5-30-3)6-31-16-12(15(26)24(13)16)22-14(25)11(23-28-2)10-7-32-18(20)21-10/h7,12,16H,1,4-6H2,2-3H3,(H2,20,21)(H,22,25)/b23-11-/t12?,16-/m1/s1. The van der Waals surface area contributed by atoms with Crippen molar-refractivity contribution >= 4 is 75.1 Å². The Balaban J connectivity index is 1.78. The van der Waals surface area contributed by atoms with E-state index in [0.717, 1.165) is 16.9 Å². The van der Waals surface area contributed by atoms with Gasteiger partial charge in [-0.1, -0.05) is 23.3 Å². The first-order chi connectivity index (χ1) is 15.3. The molecule has 2 aliphatic heterocycles. The molecule has 1 aromatic rings. The van der Waals surface area contributed by atoms with Gasteiger partial charge in [-0.05, 0) is 11.8 Å². The molecule has 0 aliphatic carbocycles. The highest BCUT2D eigenvalue weighted by Gasteiger charge is 2.54. The van der Waals surface area contributed by atoms with Crippen molar-refractivity contribution in [2.45, 2.75) is 11.4 Å². The third-order valence-electron chi connectivity index (χ3n) is 4.37. The molecule has 1 saturated heterocycles. The first-order valence-electron chi connectivity index (χ1n) is 9.07.